The van der Waals surface area contributed by atoms with E-state index in [0.717, 1.165) is 0 Å². The molecule has 1 aromatic rings. The molecule has 0 aromatic heterocycles. The number of sulfonamides is 1. The van der Waals surface area contributed by atoms with Gasteiger partial charge in [0.1, 0.15) is 4.90 Å². The first-order valence-corrected chi connectivity index (χ1v) is 11.0. The van der Waals surface area contributed by atoms with E-state index in [2.05, 4.69) is 5.32 Å². The van der Waals surface area contributed by atoms with Gasteiger partial charge < -0.3 is 5.32 Å². The number of nitrogens with zero attached hydrogens (tertiary/aromatic N) is 1. The van der Waals surface area contributed by atoms with Gasteiger partial charge in [-0.25, -0.2) is 12.7 Å². The Balaban J connectivity index is 1.38. The first kappa shape index (κ1) is 20.2. The van der Waals surface area contributed by atoms with Crippen LogP contribution in [-0.4, -0.2) is 42.8 Å². The van der Waals surface area contributed by atoms with Crippen LogP contribution >= 0.6 is 0 Å². The minimum atomic E-state index is -4.23. The van der Waals surface area contributed by atoms with Gasteiger partial charge in [0.15, 0.2) is 0 Å². The molecule has 0 radical (unpaired) electrons. The Labute approximate surface area is 166 Å². The zero-order valence-corrected chi connectivity index (χ0v) is 16.4. The van der Waals surface area contributed by atoms with Gasteiger partial charge in [-0.05, 0) is 50.7 Å². The van der Waals surface area contributed by atoms with Gasteiger partial charge in [-0.1, -0.05) is 12.1 Å². The summed E-state index contributed by atoms with van der Waals surface area (Å²) in [6.45, 7) is -0.301. The number of fused-ring (bicyclic) bond motifs is 4. The Bertz CT molecular complexity index is 949. The van der Waals surface area contributed by atoms with Crippen molar-refractivity contribution in [2.24, 2.45) is 5.41 Å². The fraction of sp³-hybridized carbons (Fsp3) is 0.579. The highest BCUT2D eigenvalue weighted by Gasteiger charge is 2.61. The summed E-state index contributed by atoms with van der Waals surface area (Å²) in [5.41, 5.74) is -2.23. The van der Waals surface area contributed by atoms with Crippen LogP contribution < -0.4 is 5.32 Å². The number of amides is 2. The van der Waals surface area contributed by atoms with Crippen LogP contribution in [0.4, 0.5) is 13.2 Å². The third-order valence-electron chi connectivity index (χ3n) is 6.71. The number of hydrogen-bond acceptors (Lipinski definition) is 4. The Kier molecular flexibility index (Phi) is 4.49. The van der Waals surface area contributed by atoms with Crippen molar-refractivity contribution >= 4 is 21.8 Å². The second kappa shape index (κ2) is 6.45. The van der Waals surface area contributed by atoms with E-state index in [4.69, 9.17) is 0 Å². The summed E-state index contributed by atoms with van der Waals surface area (Å²) in [6.07, 6.45) is -3.73. The summed E-state index contributed by atoms with van der Waals surface area (Å²) in [7, 11) is -3.98. The first-order chi connectivity index (χ1) is 13.5. The van der Waals surface area contributed by atoms with Gasteiger partial charge in [-0.3, -0.25) is 9.59 Å². The van der Waals surface area contributed by atoms with Gasteiger partial charge >= 0.3 is 6.18 Å². The number of halogens is 3. The Morgan fingerprint density at radius 3 is 2.21 bits per heavy atom. The molecule has 2 bridgehead atoms. The van der Waals surface area contributed by atoms with Crippen molar-refractivity contribution in [1.29, 1.82) is 0 Å². The molecule has 0 saturated heterocycles. The molecule has 1 heterocycles. The molecule has 4 aliphatic rings. The fourth-order valence-electron chi connectivity index (χ4n) is 4.81. The molecule has 3 aliphatic carbocycles. The van der Waals surface area contributed by atoms with Crippen LogP contribution in [-0.2, 0) is 14.8 Å². The molecule has 0 spiro atoms. The molecule has 5 rings (SSSR count). The molecular weight excluding hydrogens is 409 g/mol. The van der Waals surface area contributed by atoms with Crippen LogP contribution in [0.15, 0.2) is 29.2 Å². The minimum absolute atomic E-state index is 0.00885. The maximum absolute atomic E-state index is 13.3. The van der Waals surface area contributed by atoms with Gasteiger partial charge in [-0.2, -0.15) is 13.2 Å². The quantitative estimate of drug-likeness (QED) is 0.796. The minimum Gasteiger partial charge on any atom is -0.351 e. The van der Waals surface area contributed by atoms with Crippen LogP contribution in [0.5, 0.6) is 0 Å². The number of carbonyl (C=O) groups is 2. The van der Waals surface area contributed by atoms with E-state index in [1.54, 1.807) is 6.07 Å². The van der Waals surface area contributed by atoms with Crippen LogP contribution in [0.3, 0.4) is 0 Å². The fourth-order valence-corrected chi connectivity index (χ4v) is 6.38. The highest BCUT2D eigenvalue weighted by atomic mass is 32.2. The topological polar surface area (TPSA) is 83.6 Å². The van der Waals surface area contributed by atoms with Crippen molar-refractivity contribution in [2.75, 3.05) is 6.54 Å². The molecule has 2 amide bonds. The number of benzene rings is 1. The largest absolute Gasteiger partial charge is 0.394 e. The lowest BCUT2D eigenvalue weighted by Gasteiger charge is -2.54. The lowest BCUT2D eigenvalue weighted by molar-refractivity contribution is -0.254. The lowest BCUT2D eigenvalue weighted by Crippen LogP contribution is -2.59. The maximum Gasteiger partial charge on any atom is 0.394 e. The van der Waals surface area contributed by atoms with Crippen molar-refractivity contribution < 1.29 is 31.2 Å². The van der Waals surface area contributed by atoms with Crippen LogP contribution in [0.2, 0.25) is 0 Å². The SMILES string of the molecule is O=C(CCN1C(=O)c2ccccc2S1(=O)=O)NC12CCC(C(F)(F)F)(CC1)CC2. The molecular formula is C19H21F3N2O4S. The van der Waals surface area contributed by atoms with E-state index >= 15 is 0 Å². The third kappa shape index (κ3) is 3.12. The van der Waals surface area contributed by atoms with E-state index in [0.29, 0.717) is 4.31 Å². The summed E-state index contributed by atoms with van der Waals surface area (Å²) < 4.78 is 65.8. The highest BCUT2D eigenvalue weighted by Crippen LogP contribution is 2.59. The van der Waals surface area contributed by atoms with Crippen molar-refractivity contribution in [2.45, 2.75) is 61.6 Å². The molecule has 3 saturated carbocycles. The summed E-state index contributed by atoms with van der Waals surface area (Å²) >= 11 is 0. The Morgan fingerprint density at radius 1 is 1.07 bits per heavy atom. The summed E-state index contributed by atoms with van der Waals surface area (Å²) in [5, 5.41) is 2.84. The molecule has 3 fully saturated rings. The van der Waals surface area contributed by atoms with E-state index in [1.165, 1.54) is 18.2 Å². The number of rotatable bonds is 4. The average Bonchev–Trinajstić information content (AvgIpc) is 2.87. The number of hydrogen-bond donors (Lipinski definition) is 1. The third-order valence-corrected chi connectivity index (χ3v) is 8.55. The van der Waals surface area contributed by atoms with Crippen LogP contribution in [0.1, 0.15) is 55.3 Å². The Hall–Kier alpha value is -2.10. The zero-order chi connectivity index (χ0) is 21.1. The van der Waals surface area contributed by atoms with Crippen molar-refractivity contribution in [3.8, 4) is 0 Å². The molecule has 10 heteroatoms. The van der Waals surface area contributed by atoms with E-state index in [-0.39, 0.29) is 61.9 Å². The second-order valence-electron chi connectivity index (χ2n) is 8.24. The maximum atomic E-state index is 13.3. The normalized spacial score (nSPS) is 30.3. The van der Waals surface area contributed by atoms with Gasteiger partial charge in [0.05, 0.1) is 11.0 Å². The summed E-state index contributed by atoms with van der Waals surface area (Å²) in [5.74, 6) is -1.12. The molecule has 1 aliphatic heterocycles. The monoisotopic (exact) mass is 430 g/mol. The standard InChI is InChI=1S/C19H21F3N2O4S/c20-19(21,22)17-6-9-18(10-7-17,11-8-17)23-15(25)5-12-24-16(26)13-3-1-2-4-14(13)29(24,27)28/h1-4H,5-12H2,(H,23,25). The van der Waals surface area contributed by atoms with Crippen LogP contribution in [0.25, 0.3) is 0 Å². The molecule has 1 N–H and O–H groups in total. The van der Waals surface area contributed by atoms with Gasteiger partial charge in [0, 0.05) is 18.5 Å². The van der Waals surface area contributed by atoms with Gasteiger partial charge in [0.2, 0.25) is 5.91 Å². The van der Waals surface area contributed by atoms with E-state index in [9.17, 15) is 31.2 Å². The number of alkyl halides is 3. The van der Waals surface area contributed by atoms with Gasteiger partial charge in [0.25, 0.3) is 15.9 Å². The molecule has 1 aromatic carbocycles. The van der Waals surface area contributed by atoms with Crippen LogP contribution in [0, 0.1) is 5.41 Å². The van der Waals surface area contributed by atoms with Crippen molar-refractivity contribution in [3.05, 3.63) is 29.8 Å². The number of nitrogens with one attached hydrogen (secondary N) is 1. The van der Waals surface area contributed by atoms with E-state index < -0.39 is 39.0 Å². The lowest BCUT2D eigenvalue weighted by atomic mass is 9.57. The first-order valence-electron chi connectivity index (χ1n) is 9.54. The van der Waals surface area contributed by atoms with E-state index in [1.807, 2.05) is 0 Å². The number of carbonyl (C=O) groups excluding carboxylic acids is 2. The predicted molar refractivity (Wildman–Crippen MR) is 96.3 cm³/mol. The summed E-state index contributed by atoms with van der Waals surface area (Å²) in [4.78, 5) is 24.8. The van der Waals surface area contributed by atoms with Gasteiger partial charge in [-0.15, -0.1) is 0 Å². The molecule has 29 heavy (non-hydrogen) atoms. The zero-order valence-electron chi connectivity index (χ0n) is 15.6. The molecule has 0 unspecified atom stereocenters. The van der Waals surface area contributed by atoms with Crippen molar-refractivity contribution in [3.63, 3.8) is 0 Å². The Morgan fingerprint density at radius 2 is 1.66 bits per heavy atom. The molecule has 6 nitrogen and oxygen atoms in total. The predicted octanol–water partition coefficient (Wildman–Crippen LogP) is 2.99. The molecule has 158 valence electrons. The van der Waals surface area contributed by atoms with Crippen molar-refractivity contribution in [1.82, 2.24) is 9.62 Å². The second-order valence-corrected chi connectivity index (χ2v) is 10.1. The molecule has 0 atom stereocenters. The smallest absolute Gasteiger partial charge is 0.351 e. The highest BCUT2D eigenvalue weighted by molar-refractivity contribution is 7.90. The average molecular weight is 430 g/mol. The summed E-state index contributed by atoms with van der Waals surface area (Å²) in [6, 6.07) is 5.85.